The highest BCUT2D eigenvalue weighted by Gasteiger charge is 2.12. The summed E-state index contributed by atoms with van der Waals surface area (Å²) in [6, 6.07) is 3.10. The van der Waals surface area contributed by atoms with E-state index in [1.165, 1.54) is 6.07 Å². The quantitative estimate of drug-likeness (QED) is 0.689. The number of hydrogen-bond acceptors (Lipinski definition) is 4. The lowest BCUT2D eigenvalue weighted by atomic mass is 10.3. The zero-order valence-corrected chi connectivity index (χ0v) is 7.71. The number of furan rings is 1. The number of hydrogen-bond donors (Lipinski definition) is 0. The molecule has 5 heteroatoms. The summed E-state index contributed by atoms with van der Waals surface area (Å²) in [7, 11) is -3.26. The minimum Gasteiger partial charge on any atom is -0.445 e. The van der Waals surface area contributed by atoms with Crippen molar-refractivity contribution in [1.29, 1.82) is 0 Å². The molecule has 0 aliphatic rings. The van der Waals surface area contributed by atoms with E-state index in [0.29, 0.717) is 11.0 Å². The van der Waals surface area contributed by atoms with Crippen molar-refractivity contribution >= 4 is 20.8 Å². The third-order valence-corrected chi connectivity index (χ3v) is 2.59. The minimum atomic E-state index is -3.26. The van der Waals surface area contributed by atoms with Crippen LogP contribution in [0.1, 0.15) is 0 Å². The zero-order valence-electron chi connectivity index (χ0n) is 6.89. The van der Waals surface area contributed by atoms with Crippen molar-refractivity contribution in [3.63, 3.8) is 0 Å². The lowest BCUT2D eigenvalue weighted by Crippen LogP contribution is -1.93. The van der Waals surface area contributed by atoms with Gasteiger partial charge in [-0.15, -0.1) is 0 Å². The summed E-state index contributed by atoms with van der Waals surface area (Å²) >= 11 is 0. The second kappa shape index (κ2) is 2.56. The number of fused-ring (bicyclic) bond motifs is 1. The monoisotopic (exact) mass is 197 g/mol. The van der Waals surface area contributed by atoms with E-state index in [1.54, 1.807) is 18.5 Å². The average Bonchev–Trinajstić information content (AvgIpc) is 2.45. The highest BCUT2D eigenvalue weighted by Crippen LogP contribution is 2.20. The van der Waals surface area contributed by atoms with Gasteiger partial charge in [0.1, 0.15) is 5.58 Å². The first-order valence-corrected chi connectivity index (χ1v) is 5.50. The van der Waals surface area contributed by atoms with Gasteiger partial charge in [0.2, 0.25) is 14.9 Å². The Morgan fingerprint density at radius 3 is 2.85 bits per heavy atom. The van der Waals surface area contributed by atoms with Crippen LogP contribution in [0.4, 0.5) is 0 Å². The van der Waals surface area contributed by atoms with Crippen molar-refractivity contribution in [2.45, 2.75) is 5.09 Å². The van der Waals surface area contributed by atoms with E-state index in [9.17, 15) is 8.42 Å². The SMILES string of the molecule is CS(=O)(=O)c1cc2cnccc2o1. The van der Waals surface area contributed by atoms with Crippen LogP contribution in [-0.4, -0.2) is 19.7 Å². The molecular weight excluding hydrogens is 190 g/mol. The molecule has 0 amide bonds. The van der Waals surface area contributed by atoms with Crippen LogP contribution in [-0.2, 0) is 9.84 Å². The number of rotatable bonds is 1. The lowest BCUT2D eigenvalue weighted by Gasteiger charge is -1.87. The molecule has 2 aromatic rings. The first-order valence-electron chi connectivity index (χ1n) is 3.61. The Balaban J connectivity index is 2.77. The number of pyridine rings is 1. The van der Waals surface area contributed by atoms with E-state index >= 15 is 0 Å². The molecule has 0 N–H and O–H groups in total. The zero-order chi connectivity index (χ0) is 9.47. The number of sulfone groups is 1. The summed E-state index contributed by atoms with van der Waals surface area (Å²) in [5.41, 5.74) is 0.537. The summed E-state index contributed by atoms with van der Waals surface area (Å²) in [5.74, 6) is 0. The molecular formula is C8H7NO3S. The van der Waals surface area contributed by atoms with Gasteiger partial charge in [-0.3, -0.25) is 4.98 Å². The van der Waals surface area contributed by atoms with Crippen LogP contribution in [0.15, 0.2) is 34.0 Å². The molecule has 13 heavy (non-hydrogen) atoms. The van der Waals surface area contributed by atoms with Crippen LogP contribution < -0.4 is 0 Å². The van der Waals surface area contributed by atoms with Gasteiger partial charge >= 0.3 is 0 Å². The van der Waals surface area contributed by atoms with Gasteiger partial charge in [-0.25, -0.2) is 8.42 Å². The van der Waals surface area contributed by atoms with Crippen LogP contribution in [0.5, 0.6) is 0 Å². The predicted molar refractivity (Wildman–Crippen MR) is 47.1 cm³/mol. The molecule has 4 nitrogen and oxygen atoms in total. The van der Waals surface area contributed by atoms with Crippen molar-refractivity contribution < 1.29 is 12.8 Å². The normalized spacial score (nSPS) is 12.1. The molecule has 0 bridgehead atoms. The van der Waals surface area contributed by atoms with Gasteiger partial charge in [-0.2, -0.15) is 0 Å². The molecule has 68 valence electrons. The molecule has 0 unspecified atom stereocenters. The highest BCUT2D eigenvalue weighted by molar-refractivity contribution is 7.90. The van der Waals surface area contributed by atoms with Crippen molar-refractivity contribution in [1.82, 2.24) is 4.98 Å². The molecule has 2 aromatic heterocycles. The minimum absolute atomic E-state index is 0.0181. The van der Waals surface area contributed by atoms with E-state index in [2.05, 4.69) is 4.98 Å². The second-order valence-electron chi connectivity index (χ2n) is 2.75. The third-order valence-electron chi connectivity index (χ3n) is 1.66. The van der Waals surface area contributed by atoms with Crippen LogP contribution >= 0.6 is 0 Å². The molecule has 2 rings (SSSR count). The molecule has 0 aliphatic heterocycles. The van der Waals surface area contributed by atoms with Gasteiger partial charge in [-0.1, -0.05) is 0 Å². The summed E-state index contributed by atoms with van der Waals surface area (Å²) in [6.07, 6.45) is 4.23. The Kier molecular flexibility index (Phi) is 1.63. The largest absolute Gasteiger partial charge is 0.445 e. The topological polar surface area (TPSA) is 60.2 Å². The molecule has 0 radical (unpaired) electrons. The molecule has 0 aromatic carbocycles. The lowest BCUT2D eigenvalue weighted by molar-refractivity contribution is 0.484. The van der Waals surface area contributed by atoms with E-state index < -0.39 is 9.84 Å². The maximum Gasteiger partial charge on any atom is 0.219 e. The summed E-state index contributed by atoms with van der Waals surface area (Å²) in [5, 5.41) is 0.679. The van der Waals surface area contributed by atoms with Gasteiger partial charge in [-0.05, 0) is 6.07 Å². The maximum atomic E-state index is 11.1. The fraction of sp³-hybridized carbons (Fsp3) is 0.125. The number of nitrogens with zero attached hydrogens (tertiary/aromatic N) is 1. The second-order valence-corrected chi connectivity index (χ2v) is 4.70. The molecule has 0 spiro atoms. The van der Waals surface area contributed by atoms with Crippen molar-refractivity contribution in [2.24, 2.45) is 0 Å². The fourth-order valence-electron chi connectivity index (χ4n) is 1.04. The van der Waals surface area contributed by atoms with Crippen molar-refractivity contribution in [2.75, 3.05) is 6.26 Å². The Labute approximate surface area is 75.1 Å². The van der Waals surface area contributed by atoms with E-state index in [0.717, 1.165) is 6.26 Å². The molecule has 0 saturated heterocycles. The van der Waals surface area contributed by atoms with Crippen LogP contribution in [0.3, 0.4) is 0 Å². The van der Waals surface area contributed by atoms with Gasteiger partial charge in [0.05, 0.1) is 0 Å². The maximum absolute atomic E-state index is 11.1. The predicted octanol–water partition coefficient (Wildman–Crippen LogP) is 1.23. The van der Waals surface area contributed by atoms with Gasteiger partial charge in [0, 0.05) is 30.1 Å². The van der Waals surface area contributed by atoms with Gasteiger partial charge in [0.25, 0.3) is 0 Å². The van der Waals surface area contributed by atoms with Crippen LogP contribution in [0, 0.1) is 0 Å². The standard InChI is InChI=1S/C8H7NO3S/c1-13(10,11)8-4-6-5-9-3-2-7(6)12-8/h2-5H,1H3. The third kappa shape index (κ3) is 1.42. The smallest absolute Gasteiger partial charge is 0.219 e. The van der Waals surface area contributed by atoms with Crippen LogP contribution in [0.2, 0.25) is 0 Å². The molecule has 0 atom stereocenters. The van der Waals surface area contributed by atoms with E-state index in [-0.39, 0.29) is 5.09 Å². The summed E-state index contributed by atoms with van der Waals surface area (Å²) in [6.45, 7) is 0. The molecule has 2 heterocycles. The Bertz CT molecular complexity index is 508. The van der Waals surface area contributed by atoms with Gasteiger partial charge < -0.3 is 4.42 Å². The fourth-order valence-corrected chi connectivity index (χ4v) is 1.62. The highest BCUT2D eigenvalue weighted by atomic mass is 32.2. The summed E-state index contributed by atoms with van der Waals surface area (Å²) < 4.78 is 27.3. The van der Waals surface area contributed by atoms with Gasteiger partial charge in [0.15, 0.2) is 0 Å². The first kappa shape index (κ1) is 8.25. The molecule has 0 fully saturated rings. The summed E-state index contributed by atoms with van der Waals surface area (Å²) in [4.78, 5) is 3.85. The van der Waals surface area contributed by atoms with Crippen LogP contribution in [0.25, 0.3) is 11.0 Å². The van der Waals surface area contributed by atoms with E-state index in [4.69, 9.17) is 4.42 Å². The molecule has 0 aliphatic carbocycles. The average molecular weight is 197 g/mol. The molecule has 0 saturated carbocycles. The van der Waals surface area contributed by atoms with Crippen molar-refractivity contribution in [3.05, 3.63) is 24.5 Å². The Morgan fingerprint density at radius 1 is 1.46 bits per heavy atom. The number of aromatic nitrogens is 1. The Morgan fingerprint density at radius 2 is 2.23 bits per heavy atom. The van der Waals surface area contributed by atoms with E-state index in [1.807, 2.05) is 0 Å². The first-order chi connectivity index (χ1) is 6.07. The van der Waals surface area contributed by atoms with Crippen molar-refractivity contribution in [3.8, 4) is 0 Å². The Hall–Kier alpha value is -1.36.